The molecule has 1 saturated heterocycles. The fourth-order valence-corrected chi connectivity index (χ4v) is 3.96. The lowest BCUT2D eigenvalue weighted by atomic mass is 9.74. The molecule has 0 bridgehead atoms. The van der Waals surface area contributed by atoms with Gasteiger partial charge in [-0.3, -0.25) is 14.4 Å². The average Bonchev–Trinajstić information content (AvgIpc) is 3.12. The van der Waals surface area contributed by atoms with Crippen LogP contribution in [0.25, 0.3) is 0 Å². The number of carbonyl (C=O) groups excluding carboxylic acids is 3. The maximum atomic E-state index is 12.2. The van der Waals surface area contributed by atoms with Crippen molar-refractivity contribution in [2.75, 3.05) is 19.8 Å². The maximum Gasteiger partial charge on any atom is 0.197 e. The van der Waals surface area contributed by atoms with E-state index in [0.717, 1.165) is 5.57 Å². The van der Waals surface area contributed by atoms with Gasteiger partial charge in [0.25, 0.3) is 0 Å². The highest BCUT2D eigenvalue weighted by molar-refractivity contribution is 6.01. The fourth-order valence-electron chi connectivity index (χ4n) is 3.96. The van der Waals surface area contributed by atoms with Crippen molar-refractivity contribution in [3.8, 4) is 0 Å². The summed E-state index contributed by atoms with van der Waals surface area (Å²) < 4.78 is 16.6. The second-order valence-electron chi connectivity index (χ2n) is 7.50. The third-order valence-electron chi connectivity index (χ3n) is 5.63. The Kier molecular flexibility index (Phi) is 5.11. The van der Waals surface area contributed by atoms with Gasteiger partial charge in [-0.15, -0.1) is 0 Å². The van der Waals surface area contributed by atoms with Crippen LogP contribution in [0.5, 0.6) is 0 Å². The fraction of sp³-hybridized carbons (Fsp3) is 0.737. The van der Waals surface area contributed by atoms with Crippen LogP contribution in [0.3, 0.4) is 0 Å². The Morgan fingerprint density at radius 1 is 1.12 bits per heavy atom. The van der Waals surface area contributed by atoms with Crippen LogP contribution in [-0.4, -0.2) is 43.0 Å². The Hall–Kier alpha value is -1.53. The van der Waals surface area contributed by atoms with Crippen molar-refractivity contribution < 1.29 is 28.6 Å². The topological polar surface area (TPSA) is 78.9 Å². The number of rotatable bonds is 7. The second-order valence-corrected chi connectivity index (χ2v) is 7.50. The standard InChI is InChI=1S/C19H26O6/c1-18-9-7-15(21)17(14(18)5-6-16(18)22)23-12-13(20)4-3-8-19(2)24-10-11-25-19/h3-12H2,1-2H3/t18-/m1/s1. The summed E-state index contributed by atoms with van der Waals surface area (Å²) >= 11 is 0. The van der Waals surface area contributed by atoms with Crippen molar-refractivity contribution in [2.24, 2.45) is 5.41 Å². The zero-order valence-electron chi connectivity index (χ0n) is 15.0. The highest BCUT2D eigenvalue weighted by atomic mass is 16.7. The number of ether oxygens (including phenoxy) is 3. The molecule has 0 amide bonds. The van der Waals surface area contributed by atoms with Gasteiger partial charge in [0.05, 0.1) is 18.6 Å². The van der Waals surface area contributed by atoms with Crippen LogP contribution in [0, 0.1) is 5.41 Å². The largest absolute Gasteiger partial charge is 0.482 e. The van der Waals surface area contributed by atoms with Gasteiger partial charge in [-0.1, -0.05) is 0 Å². The molecular formula is C19H26O6. The molecular weight excluding hydrogens is 324 g/mol. The molecule has 0 aromatic rings. The van der Waals surface area contributed by atoms with E-state index in [0.29, 0.717) is 58.2 Å². The van der Waals surface area contributed by atoms with Crippen LogP contribution in [0.4, 0.5) is 0 Å². The van der Waals surface area contributed by atoms with Gasteiger partial charge in [0.15, 0.2) is 23.1 Å². The zero-order valence-corrected chi connectivity index (χ0v) is 15.0. The molecule has 6 nitrogen and oxygen atoms in total. The third-order valence-corrected chi connectivity index (χ3v) is 5.63. The van der Waals surface area contributed by atoms with Gasteiger partial charge in [0, 0.05) is 25.7 Å². The van der Waals surface area contributed by atoms with E-state index in [4.69, 9.17) is 14.2 Å². The lowest BCUT2D eigenvalue weighted by Gasteiger charge is -2.30. The summed E-state index contributed by atoms with van der Waals surface area (Å²) in [5, 5.41) is 0. The number of fused-ring (bicyclic) bond motifs is 1. The Morgan fingerprint density at radius 3 is 2.56 bits per heavy atom. The van der Waals surface area contributed by atoms with E-state index in [1.54, 1.807) is 0 Å². The number of Topliss-reactive ketones (excluding diaryl/α,β-unsaturated/α-hetero) is 3. The summed E-state index contributed by atoms with van der Waals surface area (Å²) in [4.78, 5) is 36.4. The second kappa shape index (κ2) is 7.00. The van der Waals surface area contributed by atoms with E-state index >= 15 is 0 Å². The van der Waals surface area contributed by atoms with Crippen LogP contribution in [0.2, 0.25) is 0 Å². The third kappa shape index (κ3) is 3.70. The number of carbonyl (C=O) groups is 3. The SMILES string of the molecule is CC1(CCCC(=O)COC2=C3CCC(=O)[C@]3(C)CCC2=O)OCCO1. The molecule has 3 aliphatic rings. The molecule has 1 aliphatic heterocycles. The predicted molar refractivity (Wildman–Crippen MR) is 88.7 cm³/mol. The molecule has 0 N–H and O–H groups in total. The minimum absolute atomic E-state index is 0.0564. The van der Waals surface area contributed by atoms with Crippen molar-refractivity contribution in [3.63, 3.8) is 0 Å². The van der Waals surface area contributed by atoms with E-state index in [1.165, 1.54) is 0 Å². The molecule has 0 unspecified atom stereocenters. The van der Waals surface area contributed by atoms with Crippen LogP contribution in [0.15, 0.2) is 11.3 Å². The highest BCUT2D eigenvalue weighted by Gasteiger charge is 2.47. The summed E-state index contributed by atoms with van der Waals surface area (Å²) in [6, 6.07) is 0. The van der Waals surface area contributed by atoms with Gasteiger partial charge >= 0.3 is 0 Å². The van der Waals surface area contributed by atoms with Crippen LogP contribution in [0.1, 0.15) is 58.8 Å². The van der Waals surface area contributed by atoms with E-state index in [1.807, 2.05) is 13.8 Å². The Morgan fingerprint density at radius 2 is 1.84 bits per heavy atom. The zero-order chi connectivity index (χ0) is 18.1. The molecule has 2 aliphatic carbocycles. The first-order valence-corrected chi connectivity index (χ1v) is 9.07. The van der Waals surface area contributed by atoms with E-state index in [-0.39, 0.29) is 29.7 Å². The molecule has 25 heavy (non-hydrogen) atoms. The first-order valence-electron chi connectivity index (χ1n) is 9.07. The van der Waals surface area contributed by atoms with Crippen LogP contribution >= 0.6 is 0 Å². The molecule has 1 heterocycles. The van der Waals surface area contributed by atoms with Gasteiger partial charge < -0.3 is 14.2 Å². The number of hydrogen-bond acceptors (Lipinski definition) is 6. The number of hydrogen-bond donors (Lipinski definition) is 0. The van der Waals surface area contributed by atoms with Gasteiger partial charge in [-0.2, -0.15) is 0 Å². The van der Waals surface area contributed by atoms with Gasteiger partial charge in [-0.05, 0) is 38.7 Å². The van der Waals surface area contributed by atoms with E-state index in [2.05, 4.69) is 0 Å². The van der Waals surface area contributed by atoms with Crippen molar-refractivity contribution >= 4 is 17.3 Å². The molecule has 1 atom stereocenters. The molecule has 1 saturated carbocycles. The normalized spacial score (nSPS) is 28.4. The Bertz CT molecular complexity index is 613. The van der Waals surface area contributed by atoms with Crippen molar-refractivity contribution in [1.82, 2.24) is 0 Å². The highest BCUT2D eigenvalue weighted by Crippen LogP contribution is 2.48. The molecule has 2 fully saturated rings. The lowest BCUT2D eigenvalue weighted by molar-refractivity contribution is -0.148. The quantitative estimate of drug-likeness (QED) is 0.702. The van der Waals surface area contributed by atoms with Crippen molar-refractivity contribution in [3.05, 3.63) is 11.3 Å². The molecule has 0 radical (unpaired) electrons. The van der Waals surface area contributed by atoms with Crippen molar-refractivity contribution in [2.45, 2.75) is 64.6 Å². The van der Waals surface area contributed by atoms with Gasteiger partial charge in [0.2, 0.25) is 0 Å². The lowest BCUT2D eigenvalue weighted by Crippen LogP contribution is -2.32. The Balaban J connectivity index is 1.52. The first-order chi connectivity index (χ1) is 11.8. The minimum atomic E-state index is -0.586. The molecule has 6 heteroatoms. The predicted octanol–water partition coefficient (Wildman–Crippen LogP) is 2.49. The molecule has 0 aromatic carbocycles. The van der Waals surface area contributed by atoms with Gasteiger partial charge in [-0.25, -0.2) is 0 Å². The molecule has 138 valence electrons. The van der Waals surface area contributed by atoms with E-state index < -0.39 is 11.2 Å². The summed E-state index contributed by atoms with van der Waals surface area (Å²) in [7, 11) is 0. The Labute approximate surface area is 147 Å². The van der Waals surface area contributed by atoms with Crippen LogP contribution < -0.4 is 0 Å². The van der Waals surface area contributed by atoms with Crippen LogP contribution in [-0.2, 0) is 28.6 Å². The number of allylic oxidation sites excluding steroid dienone is 2. The van der Waals surface area contributed by atoms with E-state index in [9.17, 15) is 14.4 Å². The monoisotopic (exact) mass is 350 g/mol. The average molecular weight is 350 g/mol. The maximum absolute atomic E-state index is 12.2. The smallest absolute Gasteiger partial charge is 0.197 e. The molecule has 3 rings (SSSR count). The van der Waals surface area contributed by atoms with Gasteiger partial charge in [0.1, 0.15) is 12.4 Å². The first kappa shape index (κ1) is 18.3. The summed E-state index contributed by atoms with van der Waals surface area (Å²) in [5.41, 5.74) is 0.222. The minimum Gasteiger partial charge on any atom is -0.482 e. The number of ketones is 3. The summed E-state index contributed by atoms with van der Waals surface area (Å²) in [6.07, 6.45) is 3.54. The summed E-state index contributed by atoms with van der Waals surface area (Å²) in [6.45, 7) is 4.82. The molecule has 0 aromatic heterocycles. The van der Waals surface area contributed by atoms with Crippen molar-refractivity contribution in [1.29, 1.82) is 0 Å². The summed E-state index contributed by atoms with van der Waals surface area (Å²) in [5.74, 6) is -0.291. The molecule has 0 spiro atoms.